The second-order valence-electron chi connectivity index (χ2n) is 4.68. The summed E-state index contributed by atoms with van der Waals surface area (Å²) < 4.78 is 2.39. The Morgan fingerprint density at radius 2 is 2.13 bits per heavy atom. The van der Waals surface area contributed by atoms with Gasteiger partial charge in [-0.05, 0) is 32.1 Å². The molecule has 1 aliphatic carbocycles. The molecule has 0 saturated heterocycles. The summed E-state index contributed by atoms with van der Waals surface area (Å²) in [7, 11) is 0. The van der Waals surface area contributed by atoms with Crippen LogP contribution in [0.15, 0.2) is 0 Å². The minimum Gasteiger partial charge on any atom is -0.291 e. The lowest BCUT2D eigenvalue weighted by molar-refractivity contribution is 0.816. The number of nitrogens with zero attached hydrogens (tertiary/aromatic N) is 2. The summed E-state index contributed by atoms with van der Waals surface area (Å²) in [6.45, 7) is 6.65. The van der Waals surface area contributed by atoms with E-state index in [9.17, 15) is 0 Å². The third-order valence-corrected chi connectivity index (χ3v) is 4.43. The quantitative estimate of drug-likeness (QED) is 0.720. The number of hydrogen-bond acceptors (Lipinski definition) is 2. The van der Waals surface area contributed by atoms with Crippen molar-refractivity contribution in [1.29, 1.82) is 0 Å². The third-order valence-electron chi connectivity index (χ3n) is 3.28. The number of rotatable bonds is 1. The van der Waals surface area contributed by atoms with Crippen LogP contribution >= 0.6 is 11.3 Å². The summed E-state index contributed by atoms with van der Waals surface area (Å²) in [5.74, 6) is 0.536. The highest BCUT2D eigenvalue weighted by atomic mass is 32.1. The van der Waals surface area contributed by atoms with E-state index in [1.54, 1.807) is 4.88 Å². The highest BCUT2D eigenvalue weighted by Gasteiger charge is 2.22. The van der Waals surface area contributed by atoms with Gasteiger partial charge in [0.2, 0.25) is 0 Å². The van der Waals surface area contributed by atoms with E-state index in [0.717, 1.165) is 0 Å². The third kappa shape index (κ3) is 1.19. The van der Waals surface area contributed by atoms with Crippen molar-refractivity contribution in [2.75, 3.05) is 0 Å². The van der Waals surface area contributed by atoms with E-state index in [1.807, 2.05) is 11.3 Å². The van der Waals surface area contributed by atoms with Gasteiger partial charge in [0.05, 0.1) is 5.69 Å². The average molecular weight is 220 g/mol. The first-order valence-electron chi connectivity index (χ1n) is 5.68. The number of fused-ring (bicyclic) bond motifs is 3. The van der Waals surface area contributed by atoms with Crippen LogP contribution in [0.4, 0.5) is 0 Å². The first-order valence-corrected chi connectivity index (χ1v) is 6.49. The molecule has 0 amide bonds. The van der Waals surface area contributed by atoms with Crippen LogP contribution in [0.25, 0.3) is 4.96 Å². The van der Waals surface area contributed by atoms with Crippen molar-refractivity contribution in [3.63, 3.8) is 0 Å². The Morgan fingerprint density at radius 3 is 2.87 bits per heavy atom. The molecule has 0 N–H and O–H groups in total. The van der Waals surface area contributed by atoms with E-state index in [4.69, 9.17) is 4.98 Å². The van der Waals surface area contributed by atoms with Crippen molar-refractivity contribution in [3.8, 4) is 0 Å². The van der Waals surface area contributed by atoms with Gasteiger partial charge in [0.1, 0.15) is 0 Å². The Morgan fingerprint density at radius 1 is 1.33 bits per heavy atom. The van der Waals surface area contributed by atoms with E-state index in [2.05, 4.69) is 25.2 Å². The summed E-state index contributed by atoms with van der Waals surface area (Å²) in [6, 6.07) is 0. The van der Waals surface area contributed by atoms with Crippen LogP contribution in [0.5, 0.6) is 0 Å². The molecule has 15 heavy (non-hydrogen) atoms. The van der Waals surface area contributed by atoms with Gasteiger partial charge >= 0.3 is 0 Å². The average Bonchev–Trinajstić information content (AvgIpc) is 2.76. The Bertz CT molecular complexity index is 519. The van der Waals surface area contributed by atoms with Gasteiger partial charge in [-0.1, -0.05) is 13.8 Å². The highest BCUT2D eigenvalue weighted by molar-refractivity contribution is 7.17. The van der Waals surface area contributed by atoms with Crippen LogP contribution in [0.3, 0.4) is 0 Å². The fourth-order valence-corrected chi connectivity index (χ4v) is 3.84. The number of thiazole rings is 1. The smallest absolute Gasteiger partial charge is 0.194 e. The Labute approximate surface area is 94.0 Å². The fraction of sp³-hybridized carbons (Fsp3) is 0.583. The first kappa shape index (κ1) is 9.40. The molecule has 0 aliphatic heterocycles. The Kier molecular flexibility index (Phi) is 1.93. The van der Waals surface area contributed by atoms with E-state index in [0.29, 0.717) is 5.92 Å². The van der Waals surface area contributed by atoms with E-state index in [1.165, 1.54) is 41.3 Å². The maximum Gasteiger partial charge on any atom is 0.194 e. The summed E-state index contributed by atoms with van der Waals surface area (Å²) in [4.78, 5) is 7.53. The van der Waals surface area contributed by atoms with Gasteiger partial charge in [-0.15, -0.1) is 11.3 Å². The molecule has 0 unspecified atom stereocenters. The van der Waals surface area contributed by atoms with Crippen molar-refractivity contribution in [1.82, 2.24) is 9.38 Å². The lowest BCUT2D eigenvalue weighted by Crippen LogP contribution is -1.95. The maximum atomic E-state index is 4.76. The monoisotopic (exact) mass is 220 g/mol. The Balaban J connectivity index is 2.30. The van der Waals surface area contributed by atoms with Crippen LogP contribution in [0, 0.1) is 6.92 Å². The molecular formula is C12H16N2S. The number of aromatic nitrogens is 2. The standard InChI is InChI=1S/C12H16N2S/c1-7(2)11-8(3)14-9-5-4-6-10(9)15-12(14)13-11/h7H,4-6H2,1-3H3. The maximum absolute atomic E-state index is 4.76. The van der Waals surface area contributed by atoms with Crippen molar-refractivity contribution < 1.29 is 0 Å². The summed E-state index contributed by atoms with van der Waals surface area (Å²) in [5.41, 5.74) is 4.17. The molecular weight excluding hydrogens is 204 g/mol. The largest absolute Gasteiger partial charge is 0.291 e. The second-order valence-corrected chi connectivity index (χ2v) is 5.74. The molecule has 2 aromatic rings. The SMILES string of the molecule is Cc1c(C(C)C)nc2sc3c(n12)CCC3. The van der Waals surface area contributed by atoms with Gasteiger partial charge in [0.25, 0.3) is 0 Å². The molecule has 2 aromatic heterocycles. The van der Waals surface area contributed by atoms with Crippen molar-refractivity contribution >= 4 is 16.3 Å². The van der Waals surface area contributed by atoms with Crippen LogP contribution in [0.1, 0.15) is 48.1 Å². The molecule has 0 aromatic carbocycles. The van der Waals surface area contributed by atoms with Gasteiger partial charge in [-0.25, -0.2) is 4.98 Å². The Hall–Kier alpha value is -0.830. The van der Waals surface area contributed by atoms with E-state index < -0.39 is 0 Å². The molecule has 0 radical (unpaired) electrons. The van der Waals surface area contributed by atoms with E-state index >= 15 is 0 Å². The van der Waals surface area contributed by atoms with Crippen LogP contribution < -0.4 is 0 Å². The minimum atomic E-state index is 0.536. The zero-order chi connectivity index (χ0) is 10.6. The predicted molar refractivity (Wildman–Crippen MR) is 63.9 cm³/mol. The van der Waals surface area contributed by atoms with Crippen LogP contribution in [0.2, 0.25) is 0 Å². The first-order chi connectivity index (χ1) is 7.18. The van der Waals surface area contributed by atoms with Gasteiger partial charge in [0.15, 0.2) is 4.96 Å². The lowest BCUT2D eigenvalue weighted by Gasteiger charge is -2.02. The fourth-order valence-electron chi connectivity index (χ4n) is 2.58. The summed E-state index contributed by atoms with van der Waals surface area (Å²) in [5, 5.41) is 0. The van der Waals surface area contributed by atoms with Gasteiger partial charge in [-0.3, -0.25) is 4.40 Å². The lowest BCUT2D eigenvalue weighted by atomic mass is 10.1. The summed E-state index contributed by atoms with van der Waals surface area (Å²) >= 11 is 1.89. The number of hydrogen-bond donors (Lipinski definition) is 0. The molecule has 0 saturated carbocycles. The normalized spacial score (nSPS) is 15.5. The molecule has 2 nitrogen and oxygen atoms in total. The van der Waals surface area contributed by atoms with Crippen molar-refractivity contribution in [2.45, 2.75) is 46.0 Å². The second kappa shape index (κ2) is 3.08. The van der Waals surface area contributed by atoms with Gasteiger partial charge < -0.3 is 0 Å². The van der Waals surface area contributed by atoms with Gasteiger partial charge in [0, 0.05) is 16.3 Å². The molecule has 3 heteroatoms. The minimum absolute atomic E-state index is 0.536. The van der Waals surface area contributed by atoms with Crippen LogP contribution in [-0.2, 0) is 12.8 Å². The molecule has 0 spiro atoms. The number of aryl methyl sites for hydroxylation is 3. The molecule has 0 atom stereocenters. The van der Waals surface area contributed by atoms with Crippen molar-refractivity contribution in [2.24, 2.45) is 0 Å². The number of imidazole rings is 1. The predicted octanol–water partition coefficient (Wildman–Crippen LogP) is 3.32. The van der Waals surface area contributed by atoms with Gasteiger partial charge in [-0.2, -0.15) is 0 Å². The molecule has 3 rings (SSSR count). The molecule has 0 fully saturated rings. The molecule has 0 bridgehead atoms. The highest BCUT2D eigenvalue weighted by Crippen LogP contribution is 2.33. The zero-order valence-electron chi connectivity index (χ0n) is 9.50. The summed E-state index contributed by atoms with van der Waals surface area (Å²) in [6.07, 6.45) is 3.83. The molecule has 1 aliphatic rings. The zero-order valence-corrected chi connectivity index (χ0v) is 10.3. The van der Waals surface area contributed by atoms with Crippen molar-refractivity contribution in [3.05, 3.63) is 22.0 Å². The topological polar surface area (TPSA) is 17.3 Å². The van der Waals surface area contributed by atoms with E-state index in [-0.39, 0.29) is 0 Å². The van der Waals surface area contributed by atoms with Crippen LogP contribution in [-0.4, -0.2) is 9.38 Å². The molecule has 2 heterocycles. The molecule has 80 valence electrons.